The zero-order chi connectivity index (χ0) is 18.3. The maximum atomic E-state index is 12.7. The second kappa shape index (κ2) is 7.02. The lowest BCUT2D eigenvalue weighted by molar-refractivity contribution is -0.141. The lowest BCUT2D eigenvalue weighted by Gasteiger charge is -2.22. The van der Waals surface area contributed by atoms with E-state index in [4.69, 9.17) is 10.2 Å². The van der Waals surface area contributed by atoms with Crippen molar-refractivity contribution in [2.45, 2.75) is 70.4 Å². The molecule has 26 heavy (non-hydrogen) atoms. The number of hydrogen-bond acceptors (Lipinski definition) is 4. The molecule has 1 unspecified atom stereocenters. The highest BCUT2D eigenvalue weighted by atomic mass is 32.1. The van der Waals surface area contributed by atoms with Gasteiger partial charge in [0.25, 0.3) is 5.91 Å². The molecule has 2 aromatic heterocycles. The molecule has 0 aliphatic heterocycles. The first-order valence-corrected chi connectivity index (χ1v) is 10.4. The topological polar surface area (TPSA) is 84.2 Å². The zero-order valence-electron chi connectivity index (χ0n) is 15.0. The average molecular weight is 375 g/mol. The molecule has 2 saturated carbocycles. The van der Waals surface area contributed by atoms with Gasteiger partial charge >= 0.3 is 5.97 Å². The van der Waals surface area contributed by atoms with Gasteiger partial charge in [0.15, 0.2) is 0 Å². The predicted molar refractivity (Wildman–Crippen MR) is 101 cm³/mol. The number of amides is 1. The van der Waals surface area contributed by atoms with E-state index in [1.165, 1.54) is 30.6 Å². The van der Waals surface area contributed by atoms with E-state index in [0.29, 0.717) is 23.8 Å². The molecule has 2 N–H and O–H groups in total. The second-order valence-electron chi connectivity index (χ2n) is 7.67. The van der Waals surface area contributed by atoms with Crippen LogP contribution < -0.4 is 5.32 Å². The minimum absolute atomic E-state index is 0.0373. The van der Waals surface area contributed by atoms with E-state index in [2.05, 4.69) is 10.00 Å². The van der Waals surface area contributed by atoms with Crippen molar-refractivity contribution in [3.8, 4) is 0 Å². The summed E-state index contributed by atoms with van der Waals surface area (Å²) in [5.41, 5.74) is 0.979. The lowest BCUT2D eigenvalue weighted by atomic mass is 9.96. The molecule has 0 spiro atoms. The molecule has 2 aromatic rings. The van der Waals surface area contributed by atoms with Crippen molar-refractivity contribution in [3.05, 3.63) is 16.6 Å². The van der Waals surface area contributed by atoms with Crippen LogP contribution in [0.3, 0.4) is 0 Å². The molecule has 140 valence electrons. The van der Waals surface area contributed by atoms with Crippen LogP contribution in [0.1, 0.15) is 72.8 Å². The zero-order valence-corrected chi connectivity index (χ0v) is 15.8. The first kappa shape index (κ1) is 17.5. The van der Waals surface area contributed by atoms with Crippen LogP contribution in [0.2, 0.25) is 0 Å². The summed E-state index contributed by atoms with van der Waals surface area (Å²) >= 11 is 1.51. The Balaban J connectivity index is 1.52. The Morgan fingerprint density at radius 2 is 2.00 bits per heavy atom. The van der Waals surface area contributed by atoms with E-state index >= 15 is 0 Å². The Labute approximate surface area is 156 Å². The summed E-state index contributed by atoms with van der Waals surface area (Å²) in [5, 5.41) is 17.9. The highest BCUT2D eigenvalue weighted by Gasteiger charge is 2.31. The molecule has 2 atom stereocenters. The molecule has 1 amide bonds. The van der Waals surface area contributed by atoms with Gasteiger partial charge in [0.05, 0.1) is 22.5 Å². The summed E-state index contributed by atoms with van der Waals surface area (Å²) in [6.45, 7) is 2.00. The third-order valence-corrected chi connectivity index (χ3v) is 6.95. The number of carbonyl (C=O) groups excluding carboxylic acids is 1. The van der Waals surface area contributed by atoms with E-state index < -0.39 is 5.97 Å². The number of carboxylic acids is 1. The molecule has 0 saturated heterocycles. The molecule has 2 fully saturated rings. The van der Waals surface area contributed by atoms with Gasteiger partial charge in [-0.15, -0.1) is 11.3 Å². The summed E-state index contributed by atoms with van der Waals surface area (Å²) in [6, 6.07) is 2.35. The van der Waals surface area contributed by atoms with Crippen molar-refractivity contribution in [3.63, 3.8) is 0 Å². The third-order valence-electron chi connectivity index (χ3n) is 5.83. The fourth-order valence-corrected chi connectivity index (χ4v) is 5.49. The first-order chi connectivity index (χ1) is 12.5. The Morgan fingerprint density at radius 3 is 2.69 bits per heavy atom. The molecule has 2 heterocycles. The number of rotatable bonds is 4. The van der Waals surface area contributed by atoms with Crippen molar-refractivity contribution in [2.24, 2.45) is 5.92 Å². The van der Waals surface area contributed by atoms with Crippen LogP contribution in [-0.4, -0.2) is 32.8 Å². The number of thiophene rings is 1. The van der Waals surface area contributed by atoms with Gasteiger partial charge in [0, 0.05) is 11.4 Å². The van der Waals surface area contributed by atoms with Gasteiger partial charge in [0.1, 0.15) is 4.83 Å². The second-order valence-corrected chi connectivity index (χ2v) is 8.70. The van der Waals surface area contributed by atoms with Gasteiger partial charge in [-0.3, -0.25) is 14.3 Å². The first-order valence-electron chi connectivity index (χ1n) is 9.55. The van der Waals surface area contributed by atoms with Crippen LogP contribution in [0.25, 0.3) is 10.2 Å². The van der Waals surface area contributed by atoms with Crippen LogP contribution >= 0.6 is 11.3 Å². The molecular formula is C19H25N3O3S. The maximum Gasteiger partial charge on any atom is 0.306 e. The average Bonchev–Trinajstić information content (AvgIpc) is 3.32. The Morgan fingerprint density at radius 1 is 1.23 bits per heavy atom. The predicted octanol–water partition coefficient (Wildman–Crippen LogP) is 3.89. The smallest absolute Gasteiger partial charge is 0.306 e. The van der Waals surface area contributed by atoms with Gasteiger partial charge < -0.3 is 10.4 Å². The summed E-state index contributed by atoms with van der Waals surface area (Å²) in [4.78, 5) is 25.5. The number of hydrogen-bond donors (Lipinski definition) is 2. The Kier molecular flexibility index (Phi) is 4.73. The van der Waals surface area contributed by atoms with Gasteiger partial charge in [0.2, 0.25) is 0 Å². The molecule has 4 rings (SSSR count). The standard InChI is InChI=1S/C19H25N3O3S/c1-11-15-10-16(17(23)20-13-8-7-12(9-13)19(24)25)26-18(15)22(21-11)14-5-3-2-4-6-14/h10,12-14H,2-9H2,1H3,(H,20,23)(H,24,25)/t12?,13-/m1/s1. The van der Waals surface area contributed by atoms with Crippen LogP contribution in [0.4, 0.5) is 0 Å². The lowest BCUT2D eigenvalue weighted by Crippen LogP contribution is -2.32. The summed E-state index contributed by atoms with van der Waals surface area (Å²) in [7, 11) is 0. The van der Waals surface area contributed by atoms with E-state index in [9.17, 15) is 9.59 Å². The monoisotopic (exact) mass is 375 g/mol. The highest BCUT2D eigenvalue weighted by molar-refractivity contribution is 7.20. The fraction of sp³-hybridized carbons (Fsp3) is 0.632. The van der Waals surface area contributed by atoms with Crippen LogP contribution in [-0.2, 0) is 4.79 Å². The fourth-order valence-electron chi connectivity index (χ4n) is 4.35. The molecular weight excluding hydrogens is 350 g/mol. The largest absolute Gasteiger partial charge is 0.481 e. The quantitative estimate of drug-likeness (QED) is 0.849. The molecule has 6 nitrogen and oxygen atoms in total. The van der Waals surface area contributed by atoms with Gasteiger partial charge in [-0.2, -0.15) is 5.10 Å². The minimum atomic E-state index is -0.758. The Bertz CT molecular complexity index is 835. The number of fused-ring (bicyclic) bond motifs is 1. The van der Waals surface area contributed by atoms with Crippen LogP contribution in [0.5, 0.6) is 0 Å². The molecule has 0 bridgehead atoms. The molecule has 2 aliphatic carbocycles. The molecule has 0 radical (unpaired) electrons. The summed E-state index contributed by atoms with van der Waals surface area (Å²) in [5.74, 6) is -1.17. The van der Waals surface area contributed by atoms with E-state index in [1.54, 1.807) is 0 Å². The summed E-state index contributed by atoms with van der Waals surface area (Å²) in [6.07, 6.45) is 8.03. The van der Waals surface area contributed by atoms with E-state index in [0.717, 1.165) is 35.2 Å². The minimum Gasteiger partial charge on any atom is -0.481 e. The summed E-state index contributed by atoms with van der Waals surface area (Å²) < 4.78 is 2.14. The van der Waals surface area contributed by atoms with Gasteiger partial charge in [-0.05, 0) is 45.1 Å². The highest BCUT2D eigenvalue weighted by Crippen LogP contribution is 2.35. The number of aromatic nitrogens is 2. The number of nitrogens with one attached hydrogen (secondary N) is 1. The van der Waals surface area contributed by atoms with Crippen LogP contribution in [0, 0.1) is 12.8 Å². The SMILES string of the molecule is Cc1nn(C2CCCCC2)c2sc(C(=O)N[C@@H]3CCC(C(=O)O)C3)cc12. The number of nitrogens with zero attached hydrogens (tertiary/aromatic N) is 2. The maximum absolute atomic E-state index is 12.7. The van der Waals surface area contributed by atoms with E-state index in [1.807, 2.05) is 13.0 Å². The van der Waals surface area contributed by atoms with Gasteiger partial charge in [-0.1, -0.05) is 19.3 Å². The molecule has 0 aromatic carbocycles. The number of aryl methyl sites for hydroxylation is 1. The normalized spacial score (nSPS) is 24.2. The van der Waals surface area contributed by atoms with Crippen molar-refractivity contribution >= 4 is 33.4 Å². The van der Waals surface area contributed by atoms with Crippen molar-refractivity contribution in [1.82, 2.24) is 15.1 Å². The van der Waals surface area contributed by atoms with Crippen molar-refractivity contribution in [2.75, 3.05) is 0 Å². The molecule has 2 aliphatic rings. The van der Waals surface area contributed by atoms with Crippen molar-refractivity contribution < 1.29 is 14.7 Å². The van der Waals surface area contributed by atoms with Gasteiger partial charge in [-0.25, -0.2) is 0 Å². The number of carbonyl (C=O) groups is 2. The third kappa shape index (κ3) is 3.24. The van der Waals surface area contributed by atoms with Crippen LogP contribution in [0.15, 0.2) is 6.07 Å². The van der Waals surface area contributed by atoms with E-state index in [-0.39, 0.29) is 17.9 Å². The van der Waals surface area contributed by atoms with Crippen molar-refractivity contribution in [1.29, 1.82) is 0 Å². The number of carboxylic acid groups (broad SMARTS) is 1. The molecule has 7 heteroatoms. The Hall–Kier alpha value is -1.89. The number of aliphatic carboxylic acids is 1.